The molecule has 8 heteroatoms. The molecule has 1 aliphatic heterocycles. The predicted molar refractivity (Wildman–Crippen MR) is 110 cm³/mol. The van der Waals surface area contributed by atoms with Crippen molar-refractivity contribution in [3.8, 4) is 0 Å². The van der Waals surface area contributed by atoms with Gasteiger partial charge in [-0.05, 0) is 31.2 Å². The van der Waals surface area contributed by atoms with Crippen LogP contribution in [0.5, 0.6) is 0 Å². The highest BCUT2D eigenvalue weighted by molar-refractivity contribution is 7.99. The van der Waals surface area contributed by atoms with Crippen molar-refractivity contribution in [3.63, 3.8) is 0 Å². The second-order valence-corrected chi connectivity index (χ2v) is 7.92. The number of halogens is 1. The van der Waals surface area contributed by atoms with Crippen LogP contribution in [0.25, 0.3) is 0 Å². The number of aromatic amines is 1. The number of carbonyl (C=O) groups is 1. The molecular weight excluding hydrogens is 384 g/mol. The topological polar surface area (TPSA) is 78.1 Å². The predicted octanol–water partition coefficient (Wildman–Crippen LogP) is 3.31. The molecule has 1 aromatic heterocycles. The van der Waals surface area contributed by atoms with E-state index in [1.54, 1.807) is 24.3 Å². The molecular formula is C19H23ClN4O2S. The third-order valence-electron chi connectivity index (χ3n) is 4.40. The molecule has 1 aliphatic rings. The van der Waals surface area contributed by atoms with E-state index in [1.165, 1.54) is 11.8 Å². The van der Waals surface area contributed by atoms with Gasteiger partial charge in [0.05, 0.1) is 17.0 Å². The van der Waals surface area contributed by atoms with E-state index in [2.05, 4.69) is 27.1 Å². The molecule has 0 atom stereocenters. The first kappa shape index (κ1) is 19.9. The van der Waals surface area contributed by atoms with Crippen LogP contribution in [0.2, 0.25) is 5.02 Å². The molecule has 2 heterocycles. The lowest BCUT2D eigenvalue weighted by Crippen LogP contribution is -2.36. The standard InChI is InChI=1S/C19H23ClN4O2S/c1-2-3-8-24-9-7-16-15(11-24)18(26)23-19(22-16)27-12-17(25)21-14-6-4-5-13(20)10-14/h4-6,10H,2-3,7-9,11-12H2,1H3,(H,21,25)(H,22,23,26). The van der Waals surface area contributed by atoms with Crippen LogP contribution in [-0.4, -0.2) is 39.6 Å². The Hall–Kier alpha value is -1.83. The van der Waals surface area contributed by atoms with Crippen molar-refractivity contribution in [1.82, 2.24) is 14.9 Å². The van der Waals surface area contributed by atoms with E-state index in [1.807, 2.05) is 0 Å². The number of H-pyrrole nitrogens is 1. The number of rotatable bonds is 7. The van der Waals surface area contributed by atoms with Gasteiger partial charge in [-0.25, -0.2) is 4.98 Å². The van der Waals surface area contributed by atoms with Crippen LogP contribution in [-0.2, 0) is 17.8 Å². The number of amides is 1. The quantitative estimate of drug-likeness (QED) is 0.544. The summed E-state index contributed by atoms with van der Waals surface area (Å²) in [5.74, 6) is -0.00924. The maximum atomic E-state index is 12.4. The van der Waals surface area contributed by atoms with Gasteiger partial charge in [-0.2, -0.15) is 0 Å². The summed E-state index contributed by atoms with van der Waals surface area (Å²) < 4.78 is 0. The zero-order chi connectivity index (χ0) is 19.2. The normalized spacial score (nSPS) is 14.0. The zero-order valence-electron chi connectivity index (χ0n) is 15.3. The average molecular weight is 407 g/mol. The van der Waals surface area contributed by atoms with Gasteiger partial charge in [0.15, 0.2) is 5.16 Å². The number of benzene rings is 1. The van der Waals surface area contributed by atoms with Crippen molar-refractivity contribution < 1.29 is 4.79 Å². The first-order chi connectivity index (χ1) is 13.0. The minimum atomic E-state index is -0.173. The summed E-state index contributed by atoms with van der Waals surface area (Å²) in [5.41, 5.74) is 2.15. The molecule has 144 valence electrons. The minimum absolute atomic E-state index is 0.0982. The number of carbonyl (C=O) groups excluding carboxylic acids is 1. The maximum absolute atomic E-state index is 12.4. The summed E-state index contributed by atoms with van der Waals surface area (Å²) in [6.07, 6.45) is 3.05. The molecule has 6 nitrogen and oxygen atoms in total. The minimum Gasteiger partial charge on any atom is -0.325 e. The van der Waals surface area contributed by atoms with E-state index in [-0.39, 0.29) is 17.2 Å². The number of hydrogen-bond donors (Lipinski definition) is 2. The number of aromatic nitrogens is 2. The van der Waals surface area contributed by atoms with Crippen molar-refractivity contribution in [2.75, 3.05) is 24.2 Å². The molecule has 0 unspecified atom stereocenters. The van der Waals surface area contributed by atoms with Crippen molar-refractivity contribution in [2.45, 2.75) is 37.9 Å². The Labute approximate surface area is 167 Å². The molecule has 3 rings (SSSR count). The van der Waals surface area contributed by atoms with Gasteiger partial charge in [0, 0.05) is 30.2 Å². The van der Waals surface area contributed by atoms with E-state index in [0.717, 1.165) is 43.6 Å². The molecule has 2 aromatic rings. The van der Waals surface area contributed by atoms with Gasteiger partial charge in [0.2, 0.25) is 5.91 Å². The fourth-order valence-electron chi connectivity index (χ4n) is 3.00. The van der Waals surface area contributed by atoms with Gasteiger partial charge in [0.1, 0.15) is 0 Å². The first-order valence-corrected chi connectivity index (χ1v) is 10.4. The maximum Gasteiger partial charge on any atom is 0.256 e. The second-order valence-electron chi connectivity index (χ2n) is 6.52. The van der Waals surface area contributed by atoms with E-state index >= 15 is 0 Å². The molecule has 0 fully saturated rings. The highest BCUT2D eigenvalue weighted by atomic mass is 35.5. The van der Waals surface area contributed by atoms with E-state index in [9.17, 15) is 9.59 Å². The van der Waals surface area contributed by atoms with Gasteiger partial charge < -0.3 is 10.3 Å². The third kappa shape index (κ3) is 5.57. The Bertz CT molecular complexity index is 871. The van der Waals surface area contributed by atoms with Crippen molar-refractivity contribution in [3.05, 3.63) is 50.9 Å². The molecule has 0 bridgehead atoms. The molecule has 0 saturated heterocycles. The Morgan fingerprint density at radius 2 is 2.30 bits per heavy atom. The number of anilines is 1. The second kappa shape index (κ2) is 9.39. The number of unbranched alkanes of at least 4 members (excludes halogenated alkanes) is 1. The zero-order valence-corrected chi connectivity index (χ0v) is 16.8. The van der Waals surface area contributed by atoms with Crippen LogP contribution in [0.15, 0.2) is 34.2 Å². The molecule has 0 spiro atoms. The van der Waals surface area contributed by atoms with Gasteiger partial charge in [-0.1, -0.05) is 42.8 Å². The molecule has 27 heavy (non-hydrogen) atoms. The van der Waals surface area contributed by atoms with Crippen LogP contribution >= 0.6 is 23.4 Å². The molecule has 0 aliphatic carbocycles. The summed E-state index contributed by atoms with van der Waals surface area (Å²) in [5, 5.41) is 3.84. The molecule has 0 saturated carbocycles. The van der Waals surface area contributed by atoms with Crippen LogP contribution in [0.4, 0.5) is 5.69 Å². The van der Waals surface area contributed by atoms with Crippen molar-refractivity contribution in [1.29, 1.82) is 0 Å². The highest BCUT2D eigenvalue weighted by Gasteiger charge is 2.21. The van der Waals surface area contributed by atoms with E-state index in [4.69, 9.17) is 11.6 Å². The Kier molecular flexibility index (Phi) is 6.93. The van der Waals surface area contributed by atoms with Crippen LogP contribution in [0.3, 0.4) is 0 Å². The number of nitrogens with zero attached hydrogens (tertiary/aromatic N) is 2. The summed E-state index contributed by atoms with van der Waals surface area (Å²) in [7, 11) is 0. The average Bonchev–Trinajstić information content (AvgIpc) is 2.65. The molecule has 1 amide bonds. The van der Waals surface area contributed by atoms with Gasteiger partial charge in [-0.15, -0.1) is 0 Å². The number of fused-ring (bicyclic) bond motifs is 1. The summed E-state index contributed by atoms with van der Waals surface area (Å²) in [6, 6.07) is 6.99. The van der Waals surface area contributed by atoms with E-state index < -0.39 is 0 Å². The van der Waals surface area contributed by atoms with Crippen molar-refractivity contribution in [2.24, 2.45) is 0 Å². The van der Waals surface area contributed by atoms with Gasteiger partial charge in [0.25, 0.3) is 5.56 Å². The van der Waals surface area contributed by atoms with Crippen LogP contribution in [0, 0.1) is 0 Å². The molecule has 2 N–H and O–H groups in total. The molecule has 0 radical (unpaired) electrons. The lowest BCUT2D eigenvalue weighted by molar-refractivity contribution is -0.113. The Balaban J connectivity index is 1.59. The highest BCUT2D eigenvalue weighted by Crippen LogP contribution is 2.19. The van der Waals surface area contributed by atoms with Crippen molar-refractivity contribution >= 4 is 35.0 Å². The lowest BCUT2D eigenvalue weighted by atomic mass is 10.1. The van der Waals surface area contributed by atoms with E-state index in [0.29, 0.717) is 22.4 Å². The number of nitrogens with one attached hydrogen (secondary N) is 2. The summed E-state index contributed by atoms with van der Waals surface area (Å²) in [6.45, 7) is 4.74. The number of hydrogen-bond acceptors (Lipinski definition) is 5. The fourth-order valence-corrected chi connectivity index (χ4v) is 3.87. The molecule has 1 aromatic carbocycles. The Morgan fingerprint density at radius 1 is 1.44 bits per heavy atom. The van der Waals surface area contributed by atoms with Crippen LogP contribution in [0.1, 0.15) is 31.0 Å². The largest absolute Gasteiger partial charge is 0.325 e. The summed E-state index contributed by atoms with van der Waals surface area (Å²) >= 11 is 7.14. The third-order valence-corrected chi connectivity index (χ3v) is 5.51. The SMILES string of the molecule is CCCCN1CCc2nc(SCC(=O)Nc3cccc(Cl)c3)[nH]c(=O)c2C1. The van der Waals surface area contributed by atoms with Gasteiger partial charge in [-0.3, -0.25) is 14.5 Å². The van der Waals surface area contributed by atoms with Gasteiger partial charge >= 0.3 is 0 Å². The number of thioether (sulfide) groups is 1. The smallest absolute Gasteiger partial charge is 0.256 e. The lowest BCUT2D eigenvalue weighted by Gasteiger charge is -2.27. The fraction of sp³-hybridized carbons (Fsp3) is 0.421. The first-order valence-electron chi connectivity index (χ1n) is 9.08. The van der Waals surface area contributed by atoms with Crippen LogP contribution < -0.4 is 10.9 Å². The summed E-state index contributed by atoms with van der Waals surface area (Å²) in [4.78, 5) is 34.2. The Morgan fingerprint density at radius 3 is 3.07 bits per heavy atom. The monoisotopic (exact) mass is 406 g/mol.